The molecule has 0 radical (unpaired) electrons. The number of benzene rings is 1. The van der Waals surface area contributed by atoms with Crippen LogP contribution in [0.1, 0.15) is 30.6 Å². The molecule has 0 aliphatic heterocycles. The molecule has 0 aliphatic carbocycles. The quantitative estimate of drug-likeness (QED) is 0.897. The Bertz CT molecular complexity index is 500. The Hall–Kier alpha value is -1.33. The third-order valence-electron chi connectivity index (χ3n) is 2.62. The number of halogens is 2. The first kappa shape index (κ1) is 13.1. The topological polar surface area (TPSA) is 24.9 Å². The minimum absolute atomic E-state index is 0.189. The predicted molar refractivity (Wildman–Crippen MR) is 68.6 cm³/mol. The van der Waals surface area contributed by atoms with Gasteiger partial charge in [0, 0.05) is 5.38 Å². The van der Waals surface area contributed by atoms with Crippen molar-refractivity contribution in [2.45, 2.75) is 19.4 Å². The van der Waals surface area contributed by atoms with E-state index in [1.165, 1.54) is 17.4 Å². The van der Waals surface area contributed by atoms with E-state index in [1.54, 1.807) is 11.6 Å². The van der Waals surface area contributed by atoms with E-state index in [2.05, 4.69) is 17.2 Å². The van der Waals surface area contributed by atoms with Crippen molar-refractivity contribution in [1.82, 2.24) is 10.3 Å². The molecule has 1 aromatic carbocycles. The Balaban J connectivity index is 2.30. The van der Waals surface area contributed by atoms with Gasteiger partial charge in [0.2, 0.25) is 0 Å². The lowest BCUT2D eigenvalue weighted by Crippen LogP contribution is -2.23. The third-order valence-corrected chi connectivity index (χ3v) is 3.23. The lowest BCUT2D eigenvalue weighted by molar-refractivity contribution is 0.502. The van der Waals surface area contributed by atoms with Crippen molar-refractivity contribution in [3.8, 4) is 0 Å². The van der Waals surface area contributed by atoms with Crippen molar-refractivity contribution in [3.63, 3.8) is 0 Å². The molecule has 1 atom stereocenters. The van der Waals surface area contributed by atoms with E-state index in [0.29, 0.717) is 5.56 Å². The van der Waals surface area contributed by atoms with Crippen molar-refractivity contribution >= 4 is 11.3 Å². The summed E-state index contributed by atoms with van der Waals surface area (Å²) in [7, 11) is 0. The van der Waals surface area contributed by atoms with Gasteiger partial charge in [-0.05, 0) is 30.7 Å². The SMILES string of the molecule is CCCNC(c1ccc(F)c(F)c1)c1cscn1. The second-order valence-corrected chi connectivity index (χ2v) is 4.69. The van der Waals surface area contributed by atoms with E-state index in [-0.39, 0.29) is 6.04 Å². The molecule has 2 nitrogen and oxygen atoms in total. The van der Waals surface area contributed by atoms with E-state index in [9.17, 15) is 8.78 Å². The van der Waals surface area contributed by atoms with Crippen LogP contribution < -0.4 is 5.32 Å². The summed E-state index contributed by atoms with van der Waals surface area (Å²) in [4.78, 5) is 4.24. The van der Waals surface area contributed by atoms with E-state index in [1.807, 2.05) is 5.38 Å². The van der Waals surface area contributed by atoms with Crippen LogP contribution in [-0.2, 0) is 0 Å². The third kappa shape index (κ3) is 2.91. The predicted octanol–water partition coefficient (Wildman–Crippen LogP) is 3.51. The van der Waals surface area contributed by atoms with Gasteiger partial charge in [0.15, 0.2) is 11.6 Å². The second-order valence-electron chi connectivity index (χ2n) is 3.97. The number of hydrogen-bond donors (Lipinski definition) is 1. The van der Waals surface area contributed by atoms with Gasteiger partial charge < -0.3 is 5.32 Å². The van der Waals surface area contributed by atoms with Crippen LogP contribution in [0.2, 0.25) is 0 Å². The smallest absolute Gasteiger partial charge is 0.159 e. The van der Waals surface area contributed by atoms with Crippen LogP contribution in [-0.4, -0.2) is 11.5 Å². The fourth-order valence-corrected chi connectivity index (χ4v) is 2.32. The van der Waals surface area contributed by atoms with Gasteiger partial charge in [-0.2, -0.15) is 0 Å². The lowest BCUT2D eigenvalue weighted by Gasteiger charge is -2.17. The van der Waals surface area contributed by atoms with Gasteiger partial charge in [0.25, 0.3) is 0 Å². The molecule has 1 aromatic heterocycles. The average Bonchev–Trinajstić information content (AvgIpc) is 2.88. The van der Waals surface area contributed by atoms with Gasteiger partial charge in [0.1, 0.15) is 0 Å². The Labute approximate surface area is 109 Å². The van der Waals surface area contributed by atoms with Crippen molar-refractivity contribution in [2.24, 2.45) is 0 Å². The second kappa shape index (κ2) is 6.02. The number of aromatic nitrogens is 1. The fraction of sp³-hybridized carbons (Fsp3) is 0.308. The highest BCUT2D eigenvalue weighted by Gasteiger charge is 2.16. The summed E-state index contributed by atoms with van der Waals surface area (Å²) in [6, 6.07) is 3.77. The van der Waals surface area contributed by atoms with Crippen LogP contribution in [0.3, 0.4) is 0 Å². The summed E-state index contributed by atoms with van der Waals surface area (Å²) in [5, 5.41) is 5.20. The molecule has 0 amide bonds. The van der Waals surface area contributed by atoms with Crippen LogP contribution >= 0.6 is 11.3 Å². The van der Waals surface area contributed by atoms with E-state index >= 15 is 0 Å². The number of nitrogens with one attached hydrogen (secondary N) is 1. The molecule has 5 heteroatoms. The molecule has 1 N–H and O–H groups in total. The monoisotopic (exact) mass is 268 g/mol. The van der Waals surface area contributed by atoms with Crippen molar-refractivity contribution in [3.05, 3.63) is 52.0 Å². The first-order valence-corrected chi connectivity index (χ1v) is 6.73. The van der Waals surface area contributed by atoms with Gasteiger partial charge in [-0.15, -0.1) is 11.3 Å². The van der Waals surface area contributed by atoms with Gasteiger partial charge >= 0.3 is 0 Å². The maximum Gasteiger partial charge on any atom is 0.159 e. The molecule has 0 saturated heterocycles. The summed E-state index contributed by atoms with van der Waals surface area (Å²) in [6.45, 7) is 2.84. The average molecular weight is 268 g/mol. The van der Waals surface area contributed by atoms with Crippen LogP contribution in [0, 0.1) is 11.6 Å². The number of hydrogen-bond acceptors (Lipinski definition) is 3. The number of rotatable bonds is 5. The van der Waals surface area contributed by atoms with Crippen molar-refractivity contribution < 1.29 is 8.78 Å². The van der Waals surface area contributed by atoms with Crippen LogP contribution in [0.15, 0.2) is 29.1 Å². The highest BCUT2D eigenvalue weighted by Crippen LogP contribution is 2.23. The lowest BCUT2D eigenvalue weighted by atomic mass is 10.0. The molecule has 0 spiro atoms. The molecule has 0 bridgehead atoms. The highest BCUT2D eigenvalue weighted by molar-refractivity contribution is 7.07. The standard InChI is InChI=1S/C13H14F2N2S/c1-2-5-16-13(12-7-18-8-17-12)9-3-4-10(14)11(15)6-9/h3-4,6-8,13,16H,2,5H2,1H3. The molecule has 18 heavy (non-hydrogen) atoms. The molecular weight excluding hydrogens is 254 g/mol. The largest absolute Gasteiger partial charge is 0.305 e. The molecular formula is C13H14F2N2S. The summed E-state index contributed by atoms with van der Waals surface area (Å²) in [5.41, 5.74) is 3.25. The zero-order chi connectivity index (χ0) is 13.0. The first-order valence-electron chi connectivity index (χ1n) is 5.78. The van der Waals surface area contributed by atoms with Gasteiger partial charge in [-0.1, -0.05) is 13.0 Å². The van der Waals surface area contributed by atoms with Crippen molar-refractivity contribution in [1.29, 1.82) is 0 Å². The normalized spacial score (nSPS) is 12.6. The van der Waals surface area contributed by atoms with Gasteiger partial charge in [-0.3, -0.25) is 0 Å². The Kier molecular flexibility index (Phi) is 4.38. The van der Waals surface area contributed by atoms with Gasteiger partial charge in [-0.25, -0.2) is 13.8 Å². The first-order chi connectivity index (χ1) is 8.72. The van der Waals surface area contributed by atoms with Crippen LogP contribution in [0.4, 0.5) is 8.78 Å². The maximum absolute atomic E-state index is 13.3. The molecule has 1 heterocycles. The van der Waals surface area contributed by atoms with Crippen LogP contribution in [0.25, 0.3) is 0 Å². The zero-order valence-corrected chi connectivity index (χ0v) is 10.8. The molecule has 1 unspecified atom stereocenters. The Morgan fingerprint density at radius 3 is 2.78 bits per heavy atom. The molecule has 2 aromatic rings. The summed E-state index contributed by atoms with van der Waals surface area (Å²) < 4.78 is 26.2. The number of thiazole rings is 1. The summed E-state index contributed by atoms with van der Waals surface area (Å²) in [6.07, 6.45) is 0.963. The highest BCUT2D eigenvalue weighted by atomic mass is 32.1. The molecule has 0 aliphatic rings. The Morgan fingerprint density at radius 1 is 1.33 bits per heavy atom. The Morgan fingerprint density at radius 2 is 2.17 bits per heavy atom. The zero-order valence-electron chi connectivity index (χ0n) is 9.99. The molecule has 0 saturated carbocycles. The maximum atomic E-state index is 13.3. The number of nitrogens with zero attached hydrogens (tertiary/aromatic N) is 1. The van der Waals surface area contributed by atoms with E-state index in [0.717, 1.165) is 24.7 Å². The summed E-state index contributed by atoms with van der Waals surface area (Å²) in [5.74, 6) is -1.66. The van der Waals surface area contributed by atoms with E-state index < -0.39 is 11.6 Å². The van der Waals surface area contributed by atoms with Crippen LogP contribution in [0.5, 0.6) is 0 Å². The molecule has 96 valence electrons. The molecule has 2 rings (SSSR count). The van der Waals surface area contributed by atoms with Crippen molar-refractivity contribution in [2.75, 3.05) is 6.54 Å². The minimum atomic E-state index is -0.828. The fourth-order valence-electron chi connectivity index (χ4n) is 1.74. The van der Waals surface area contributed by atoms with E-state index in [4.69, 9.17) is 0 Å². The summed E-state index contributed by atoms with van der Waals surface area (Å²) >= 11 is 1.48. The van der Waals surface area contributed by atoms with Gasteiger partial charge in [0.05, 0.1) is 17.2 Å². The minimum Gasteiger partial charge on any atom is -0.305 e. The molecule has 0 fully saturated rings.